The van der Waals surface area contributed by atoms with Gasteiger partial charge in [-0.15, -0.1) is 11.6 Å². The molecule has 536 valence electrons. The number of likely N-dealkylation sites (N-methyl/N-ethyl adjacent to an activating group) is 7. The number of halogens is 4. The molecule has 3 saturated heterocycles. The van der Waals surface area contributed by atoms with Gasteiger partial charge < -0.3 is 60.0 Å². The minimum Gasteiger partial charge on any atom is -0.343 e. The maximum absolute atomic E-state index is 15.8. The van der Waals surface area contributed by atoms with E-state index < -0.39 is 174 Å². The molecule has 3 aliphatic heterocycles. The summed E-state index contributed by atoms with van der Waals surface area (Å²) in [5, 5.41) is 7.51. The Morgan fingerprint density at radius 2 is 1.23 bits per heavy atom. The number of amides is 12. The minimum absolute atomic E-state index is 0.00135. The second kappa shape index (κ2) is 34.3. The first-order chi connectivity index (χ1) is 44.6. The second-order valence-electron chi connectivity index (χ2n) is 28.7. The molecular weight excluding hydrogens is 1260 g/mol. The van der Waals surface area contributed by atoms with E-state index in [1.807, 2.05) is 20.8 Å². The van der Waals surface area contributed by atoms with E-state index >= 15 is 28.8 Å². The molecule has 1 spiro atoms. The number of fused-ring (bicyclic) bond motifs is 1. The number of carbonyl (C=O) groups is 12. The van der Waals surface area contributed by atoms with Crippen LogP contribution in [0.4, 0.5) is 13.2 Å². The van der Waals surface area contributed by atoms with Gasteiger partial charge in [-0.3, -0.25) is 57.5 Å². The van der Waals surface area contributed by atoms with E-state index in [-0.39, 0.29) is 76.2 Å². The van der Waals surface area contributed by atoms with E-state index in [2.05, 4.69) is 16.0 Å². The van der Waals surface area contributed by atoms with Crippen molar-refractivity contribution in [1.82, 2.24) is 60.0 Å². The number of hydrogen-bond acceptors (Lipinski definition) is 12. The van der Waals surface area contributed by atoms with Gasteiger partial charge in [-0.2, -0.15) is 13.2 Å². The Labute approximate surface area is 564 Å². The summed E-state index contributed by atoms with van der Waals surface area (Å²) in [4.78, 5) is 188. The molecule has 95 heavy (non-hydrogen) atoms. The van der Waals surface area contributed by atoms with Gasteiger partial charge in [0.15, 0.2) is 0 Å². The van der Waals surface area contributed by atoms with Crippen LogP contribution in [0.2, 0.25) is 0 Å². The Bertz CT molecular complexity index is 2760. The third kappa shape index (κ3) is 19.5. The Morgan fingerprint density at radius 3 is 1.83 bits per heavy atom. The molecule has 24 nitrogen and oxygen atoms in total. The molecule has 3 unspecified atom stereocenters. The zero-order chi connectivity index (χ0) is 70.6. The predicted molar refractivity (Wildman–Crippen MR) is 349 cm³/mol. The molecule has 0 aromatic carbocycles. The van der Waals surface area contributed by atoms with Crippen LogP contribution in [-0.2, 0) is 57.5 Å². The summed E-state index contributed by atoms with van der Waals surface area (Å²) < 4.78 is 41.7. The number of hydrogen-bond donors (Lipinski definition) is 3. The van der Waals surface area contributed by atoms with Gasteiger partial charge in [-0.05, 0) is 127 Å². The predicted octanol–water partition coefficient (Wildman–Crippen LogP) is 4.53. The molecule has 3 N–H and O–H groups in total. The number of rotatable bonds is 9. The highest BCUT2D eigenvalue weighted by Gasteiger charge is 2.52. The SMILES string of the molecule is CC[C@H](C)[C@@H]1NC(=O)[C@H](CC(C)C)N(C)C(=O)C[C@@H](C(=O)N2CCCCC2)N(C)C(=O)[C@H](C2CCCCC2)N(C)C(=O)C2(CCCC2)NC(=O)[C@@H]2CCCN2C(=O)[C@H](CCC2CCC(C(F)(F)F)C(Cl)C2)NC(=O)CN(C)C(=O)[C@H](C)N(C)C(=O)CN(C)C(=O)CN(C)C1=O. The second-order valence-corrected chi connectivity index (χ2v) is 29.2. The first-order valence-electron chi connectivity index (χ1n) is 34.6. The summed E-state index contributed by atoms with van der Waals surface area (Å²) in [5.74, 6) is -10.8. The molecular formula is C67H108ClF3N12O12. The maximum Gasteiger partial charge on any atom is 0.393 e. The number of alkyl halides is 4. The fourth-order valence-electron chi connectivity index (χ4n) is 14.9. The van der Waals surface area contributed by atoms with Crippen LogP contribution in [0.15, 0.2) is 0 Å². The van der Waals surface area contributed by atoms with Gasteiger partial charge in [-0.25, -0.2) is 0 Å². The molecule has 3 heterocycles. The molecule has 28 heteroatoms. The van der Waals surface area contributed by atoms with Crippen LogP contribution in [-0.4, -0.2) is 263 Å². The van der Waals surface area contributed by atoms with E-state index in [1.165, 1.54) is 75.9 Å². The molecule has 0 aromatic rings. The van der Waals surface area contributed by atoms with Crippen molar-refractivity contribution in [2.45, 2.75) is 235 Å². The number of nitrogens with zero attached hydrogens (tertiary/aromatic N) is 9. The summed E-state index contributed by atoms with van der Waals surface area (Å²) in [6, 6.07) is -8.60. The lowest BCUT2D eigenvalue weighted by atomic mass is 9.78. The average Bonchev–Trinajstić information content (AvgIpc) is 1.77. The fourth-order valence-corrected chi connectivity index (χ4v) is 15.5. The van der Waals surface area contributed by atoms with E-state index in [1.54, 1.807) is 11.8 Å². The molecule has 11 atom stereocenters. The van der Waals surface area contributed by atoms with Crippen molar-refractivity contribution in [1.29, 1.82) is 0 Å². The van der Waals surface area contributed by atoms with Gasteiger partial charge >= 0.3 is 6.18 Å². The summed E-state index contributed by atoms with van der Waals surface area (Å²) in [6.45, 7) is 7.90. The smallest absolute Gasteiger partial charge is 0.343 e. The van der Waals surface area contributed by atoms with Gasteiger partial charge in [0.2, 0.25) is 70.9 Å². The Balaban J connectivity index is 1.40. The zero-order valence-corrected chi connectivity index (χ0v) is 59.0. The monoisotopic (exact) mass is 1360 g/mol. The highest BCUT2D eigenvalue weighted by molar-refractivity contribution is 6.20. The van der Waals surface area contributed by atoms with Crippen molar-refractivity contribution in [3.05, 3.63) is 0 Å². The normalized spacial score (nSPS) is 29.9. The van der Waals surface area contributed by atoms with Gasteiger partial charge in [0.1, 0.15) is 47.8 Å². The molecule has 0 radical (unpaired) electrons. The largest absolute Gasteiger partial charge is 0.393 e. The molecule has 6 fully saturated rings. The first-order valence-corrected chi connectivity index (χ1v) is 35.1. The Morgan fingerprint density at radius 1 is 0.621 bits per heavy atom. The van der Waals surface area contributed by atoms with Gasteiger partial charge in [0.25, 0.3) is 0 Å². The average molecular weight is 1370 g/mol. The number of nitrogens with one attached hydrogen (secondary N) is 3. The molecule has 0 bridgehead atoms. The van der Waals surface area contributed by atoms with E-state index in [0.29, 0.717) is 64.5 Å². The van der Waals surface area contributed by atoms with Crippen molar-refractivity contribution in [3.63, 3.8) is 0 Å². The lowest BCUT2D eigenvalue weighted by molar-refractivity contribution is -0.182. The van der Waals surface area contributed by atoms with Crippen molar-refractivity contribution in [2.75, 3.05) is 88.6 Å². The molecule has 3 aliphatic carbocycles. The Kier molecular flexibility index (Phi) is 28.0. The van der Waals surface area contributed by atoms with Crippen LogP contribution < -0.4 is 16.0 Å². The topological polar surface area (TPSA) is 270 Å². The molecule has 3 saturated carbocycles. The maximum atomic E-state index is 15.8. The third-order valence-corrected chi connectivity index (χ3v) is 21.8. The zero-order valence-electron chi connectivity index (χ0n) is 58.2. The van der Waals surface area contributed by atoms with Gasteiger partial charge in [0, 0.05) is 74.3 Å². The first kappa shape index (κ1) is 77.7. The summed E-state index contributed by atoms with van der Waals surface area (Å²) in [7, 11) is 9.82. The van der Waals surface area contributed by atoms with Crippen LogP contribution in [0.1, 0.15) is 176 Å². The van der Waals surface area contributed by atoms with Gasteiger partial charge in [-0.1, -0.05) is 66.2 Å². The lowest BCUT2D eigenvalue weighted by Gasteiger charge is -2.43. The lowest BCUT2D eigenvalue weighted by Crippen LogP contribution is -2.65. The summed E-state index contributed by atoms with van der Waals surface area (Å²) in [6.07, 6.45) is 3.28. The minimum atomic E-state index is -4.50. The quantitative estimate of drug-likeness (QED) is 0.269. The summed E-state index contributed by atoms with van der Waals surface area (Å²) in [5.41, 5.74) is -1.55. The van der Waals surface area contributed by atoms with E-state index in [4.69, 9.17) is 11.6 Å². The number of piperidine rings is 1. The van der Waals surface area contributed by atoms with E-state index in [0.717, 1.165) is 45.3 Å². The van der Waals surface area contributed by atoms with Crippen LogP contribution in [0, 0.1) is 29.6 Å². The highest BCUT2D eigenvalue weighted by Crippen LogP contribution is 2.44. The standard InChI is InChI=1S/C67H108ClF3N12O12/c1-13-42(4)56-63(93)77(8)39-54(86)75(6)40-55(87)78(9)43(5)60(90)76(7)38-52(84)72-48(29-27-44-26-28-46(47(68)36-44)67(69,70)71)61(91)83-34-22-25-49(83)59(89)74-66(30-18-19-31-66)65(95)81(12)57(45-23-16-14-17-24-45)64(94)80(11)51(62(92)82-32-20-15-21-33-82)37-53(85)79(10)50(35-41(2)3)58(88)73-56/h41-51,56-57H,13-40H2,1-12H3,(H,72,84)(H,73,88)(H,74,89)/t42-,43-,44?,46?,47?,48-,49-,50-,51-,56-,57-/m0/s1. The van der Waals surface area contributed by atoms with E-state index in [9.17, 15) is 41.9 Å². The van der Waals surface area contributed by atoms with Gasteiger partial charge in [0.05, 0.1) is 32.0 Å². The molecule has 0 aromatic heterocycles. The van der Waals surface area contributed by atoms with Crippen LogP contribution in [0.25, 0.3) is 0 Å². The third-order valence-electron chi connectivity index (χ3n) is 21.4. The van der Waals surface area contributed by atoms with Crippen molar-refractivity contribution in [2.24, 2.45) is 29.6 Å². The van der Waals surface area contributed by atoms with Crippen LogP contribution in [0.3, 0.4) is 0 Å². The van der Waals surface area contributed by atoms with Crippen molar-refractivity contribution >= 4 is 82.5 Å². The fraction of sp³-hybridized carbons (Fsp3) is 0.821. The van der Waals surface area contributed by atoms with Crippen molar-refractivity contribution < 1.29 is 70.7 Å². The number of likely N-dealkylation sites (tertiary alicyclic amines) is 1. The Hall–Kier alpha value is -6.28. The highest BCUT2D eigenvalue weighted by atomic mass is 35.5. The molecule has 6 rings (SSSR count). The number of carbonyl (C=O) groups excluding carboxylic acids is 12. The van der Waals surface area contributed by atoms with Crippen LogP contribution >= 0.6 is 11.6 Å². The molecule has 6 aliphatic rings. The molecule has 12 amide bonds. The summed E-state index contributed by atoms with van der Waals surface area (Å²) >= 11 is 6.35. The van der Waals surface area contributed by atoms with Crippen LogP contribution in [0.5, 0.6) is 0 Å². The van der Waals surface area contributed by atoms with Crippen molar-refractivity contribution in [3.8, 4) is 0 Å².